The van der Waals surface area contributed by atoms with Gasteiger partial charge in [-0.2, -0.15) is 0 Å². The maximum absolute atomic E-state index is 12.5. The number of nitrogens with zero attached hydrogens (tertiary/aromatic N) is 2. The minimum absolute atomic E-state index is 0.0164. The van der Waals surface area contributed by atoms with Crippen molar-refractivity contribution in [3.8, 4) is 0 Å². The van der Waals surface area contributed by atoms with Gasteiger partial charge in [0.1, 0.15) is 0 Å². The number of amides is 1. The van der Waals surface area contributed by atoms with E-state index in [1.54, 1.807) is 0 Å². The smallest absolute Gasteiger partial charge is 0.223 e. The van der Waals surface area contributed by atoms with Gasteiger partial charge in [0, 0.05) is 31.1 Å². The van der Waals surface area contributed by atoms with Gasteiger partial charge in [0.15, 0.2) is 0 Å². The number of carbonyl (C=O) groups excluding carboxylic acids is 1. The van der Waals surface area contributed by atoms with Crippen LogP contribution in [0.15, 0.2) is 0 Å². The highest BCUT2D eigenvalue weighted by Gasteiger charge is 2.37. The van der Waals surface area contributed by atoms with Gasteiger partial charge < -0.3 is 15.5 Å². The molecule has 1 amide bonds. The Morgan fingerprint density at radius 2 is 2.06 bits per heavy atom. The summed E-state index contributed by atoms with van der Waals surface area (Å²) in [5.74, 6) is 0.840. The largest absolute Gasteiger partial charge is 0.336 e. The van der Waals surface area contributed by atoms with Crippen LogP contribution >= 0.6 is 0 Å². The third-order valence-electron chi connectivity index (χ3n) is 4.53. The zero-order valence-corrected chi connectivity index (χ0v) is 12.0. The van der Waals surface area contributed by atoms with Crippen molar-refractivity contribution in [3.05, 3.63) is 0 Å². The molecule has 0 aliphatic carbocycles. The van der Waals surface area contributed by atoms with Crippen LogP contribution in [0.25, 0.3) is 0 Å². The predicted molar refractivity (Wildman–Crippen MR) is 73.2 cm³/mol. The third kappa shape index (κ3) is 3.04. The lowest BCUT2D eigenvalue weighted by atomic mass is 9.87. The molecule has 4 nitrogen and oxygen atoms in total. The fourth-order valence-corrected chi connectivity index (χ4v) is 3.24. The maximum Gasteiger partial charge on any atom is 0.223 e. The van der Waals surface area contributed by atoms with Gasteiger partial charge in [0.25, 0.3) is 0 Å². The van der Waals surface area contributed by atoms with E-state index in [0.717, 1.165) is 38.9 Å². The van der Waals surface area contributed by atoms with Gasteiger partial charge in [-0.05, 0) is 52.6 Å². The summed E-state index contributed by atoms with van der Waals surface area (Å²) in [6, 6.07) is 0.160. The molecule has 2 heterocycles. The van der Waals surface area contributed by atoms with Gasteiger partial charge >= 0.3 is 0 Å². The maximum atomic E-state index is 12.5. The molecule has 0 saturated carbocycles. The molecule has 2 saturated heterocycles. The summed E-state index contributed by atoms with van der Waals surface area (Å²) >= 11 is 0. The monoisotopic (exact) mass is 253 g/mol. The van der Waals surface area contributed by atoms with E-state index in [4.69, 9.17) is 5.73 Å². The number of piperidine rings is 1. The second-order valence-electron chi connectivity index (χ2n) is 6.74. The number of hydrogen-bond donors (Lipinski definition) is 1. The standard InChI is InChI=1S/C14H27N3O/c1-14(2)6-4-12(15)10-17(14)13(18)8-11-5-7-16(3)9-11/h11-12H,4-10,15H2,1-3H3. The first-order valence-corrected chi connectivity index (χ1v) is 7.13. The molecule has 2 aliphatic heterocycles. The molecular weight excluding hydrogens is 226 g/mol. The number of hydrogen-bond acceptors (Lipinski definition) is 3. The highest BCUT2D eigenvalue weighted by atomic mass is 16.2. The highest BCUT2D eigenvalue weighted by Crippen LogP contribution is 2.29. The Labute approximate surface area is 110 Å². The summed E-state index contributed by atoms with van der Waals surface area (Å²) in [7, 11) is 2.13. The molecule has 0 aromatic heterocycles. The molecule has 2 atom stereocenters. The predicted octanol–water partition coefficient (Wildman–Crippen LogP) is 1.06. The fraction of sp³-hybridized carbons (Fsp3) is 0.929. The molecule has 0 radical (unpaired) electrons. The van der Waals surface area contributed by atoms with Crippen molar-refractivity contribution >= 4 is 5.91 Å². The van der Waals surface area contributed by atoms with E-state index in [-0.39, 0.29) is 11.6 Å². The van der Waals surface area contributed by atoms with Crippen LogP contribution in [-0.2, 0) is 4.79 Å². The summed E-state index contributed by atoms with van der Waals surface area (Å²) in [6.45, 7) is 7.25. The molecule has 0 aromatic carbocycles. The van der Waals surface area contributed by atoms with E-state index in [1.165, 1.54) is 0 Å². The van der Waals surface area contributed by atoms with E-state index in [9.17, 15) is 4.79 Å². The normalized spacial score (nSPS) is 32.8. The topological polar surface area (TPSA) is 49.6 Å². The minimum atomic E-state index is -0.0164. The molecule has 0 bridgehead atoms. The Morgan fingerprint density at radius 3 is 2.67 bits per heavy atom. The van der Waals surface area contributed by atoms with Crippen molar-refractivity contribution in [3.63, 3.8) is 0 Å². The van der Waals surface area contributed by atoms with Gasteiger partial charge in [0.05, 0.1) is 0 Å². The lowest BCUT2D eigenvalue weighted by Gasteiger charge is -2.45. The van der Waals surface area contributed by atoms with Crippen molar-refractivity contribution in [2.45, 2.75) is 51.1 Å². The average Bonchev–Trinajstić information content (AvgIpc) is 2.67. The number of nitrogens with two attached hydrogens (primary N) is 1. The van der Waals surface area contributed by atoms with Crippen molar-refractivity contribution < 1.29 is 4.79 Å². The molecule has 0 aromatic rings. The van der Waals surface area contributed by atoms with Gasteiger partial charge in [-0.1, -0.05) is 0 Å². The summed E-state index contributed by atoms with van der Waals surface area (Å²) in [6.07, 6.45) is 3.90. The zero-order chi connectivity index (χ0) is 13.3. The lowest BCUT2D eigenvalue weighted by molar-refractivity contribution is -0.139. The quantitative estimate of drug-likeness (QED) is 0.800. The summed E-state index contributed by atoms with van der Waals surface area (Å²) in [5.41, 5.74) is 6.00. The van der Waals surface area contributed by atoms with E-state index in [2.05, 4.69) is 25.8 Å². The summed E-state index contributed by atoms with van der Waals surface area (Å²) in [4.78, 5) is 16.8. The molecular formula is C14H27N3O. The van der Waals surface area contributed by atoms with Crippen LogP contribution in [-0.4, -0.2) is 54.0 Å². The second kappa shape index (κ2) is 5.17. The Morgan fingerprint density at radius 1 is 1.33 bits per heavy atom. The van der Waals surface area contributed by atoms with Crippen LogP contribution in [0.4, 0.5) is 0 Å². The van der Waals surface area contributed by atoms with Gasteiger partial charge in [-0.25, -0.2) is 0 Å². The first kappa shape index (κ1) is 13.8. The van der Waals surface area contributed by atoms with Crippen LogP contribution in [0.3, 0.4) is 0 Å². The van der Waals surface area contributed by atoms with Gasteiger partial charge in [-0.3, -0.25) is 4.79 Å². The highest BCUT2D eigenvalue weighted by molar-refractivity contribution is 5.77. The van der Waals surface area contributed by atoms with Crippen LogP contribution in [0.2, 0.25) is 0 Å². The fourth-order valence-electron chi connectivity index (χ4n) is 3.24. The molecule has 2 rings (SSSR count). The van der Waals surface area contributed by atoms with Crippen molar-refractivity contribution in [1.82, 2.24) is 9.80 Å². The summed E-state index contributed by atoms with van der Waals surface area (Å²) in [5, 5.41) is 0. The van der Waals surface area contributed by atoms with E-state index >= 15 is 0 Å². The molecule has 104 valence electrons. The molecule has 4 heteroatoms. The van der Waals surface area contributed by atoms with Crippen LogP contribution in [0.5, 0.6) is 0 Å². The summed E-state index contributed by atoms with van der Waals surface area (Å²) < 4.78 is 0. The lowest BCUT2D eigenvalue weighted by Crippen LogP contribution is -2.56. The Kier molecular flexibility index (Phi) is 3.97. The Bertz CT molecular complexity index is 316. The minimum Gasteiger partial charge on any atom is -0.336 e. The Balaban J connectivity index is 1.94. The van der Waals surface area contributed by atoms with Crippen molar-refractivity contribution in [2.24, 2.45) is 11.7 Å². The number of carbonyl (C=O) groups is 1. The number of rotatable bonds is 2. The first-order valence-electron chi connectivity index (χ1n) is 7.13. The van der Waals surface area contributed by atoms with E-state index in [1.807, 2.05) is 4.90 Å². The first-order chi connectivity index (χ1) is 8.38. The average molecular weight is 253 g/mol. The van der Waals surface area contributed by atoms with E-state index in [0.29, 0.717) is 18.2 Å². The second-order valence-corrected chi connectivity index (χ2v) is 6.74. The molecule has 2 unspecified atom stereocenters. The van der Waals surface area contributed by atoms with Gasteiger partial charge in [-0.15, -0.1) is 0 Å². The number of likely N-dealkylation sites (tertiary alicyclic amines) is 2. The molecule has 2 aliphatic rings. The van der Waals surface area contributed by atoms with Crippen LogP contribution < -0.4 is 5.73 Å². The Hall–Kier alpha value is -0.610. The van der Waals surface area contributed by atoms with E-state index < -0.39 is 0 Å². The molecule has 0 spiro atoms. The van der Waals surface area contributed by atoms with Crippen molar-refractivity contribution in [2.75, 3.05) is 26.7 Å². The SMILES string of the molecule is CN1CCC(CC(=O)N2CC(N)CCC2(C)C)C1. The molecule has 2 N–H and O–H groups in total. The third-order valence-corrected chi connectivity index (χ3v) is 4.53. The molecule has 18 heavy (non-hydrogen) atoms. The zero-order valence-electron chi connectivity index (χ0n) is 12.0. The van der Waals surface area contributed by atoms with Crippen LogP contribution in [0, 0.1) is 5.92 Å². The van der Waals surface area contributed by atoms with Crippen LogP contribution in [0.1, 0.15) is 39.5 Å². The molecule has 2 fully saturated rings. The van der Waals surface area contributed by atoms with Gasteiger partial charge in [0.2, 0.25) is 5.91 Å². The van der Waals surface area contributed by atoms with Crippen molar-refractivity contribution in [1.29, 1.82) is 0 Å².